The van der Waals surface area contributed by atoms with Crippen LogP contribution in [0.25, 0.3) is 10.6 Å². The zero-order valence-corrected chi connectivity index (χ0v) is 16.2. The van der Waals surface area contributed by atoms with Crippen molar-refractivity contribution in [1.29, 1.82) is 0 Å². The van der Waals surface area contributed by atoms with Crippen LogP contribution in [0.2, 0.25) is 0 Å². The number of pyridine rings is 1. The van der Waals surface area contributed by atoms with Gasteiger partial charge in [-0.1, -0.05) is 0 Å². The maximum Gasteiger partial charge on any atom is 0.126 e. The average Bonchev–Trinajstić information content (AvgIpc) is 3.36. The molecule has 0 radical (unpaired) electrons. The number of aryl methyl sites for hydroxylation is 1. The van der Waals surface area contributed by atoms with E-state index in [2.05, 4.69) is 31.3 Å². The average molecular weight is 385 g/mol. The van der Waals surface area contributed by atoms with E-state index in [-0.39, 0.29) is 0 Å². The minimum atomic E-state index is 0.301. The molecule has 0 bridgehead atoms. The summed E-state index contributed by atoms with van der Waals surface area (Å²) in [5, 5.41) is 17.8. The second-order valence-electron chi connectivity index (χ2n) is 6.90. The summed E-state index contributed by atoms with van der Waals surface area (Å²) >= 11 is 1.66. The van der Waals surface area contributed by atoms with E-state index < -0.39 is 0 Å². The molecular formula is C19H24N6OS. The lowest BCUT2D eigenvalue weighted by Gasteiger charge is -2.32. The Morgan fingerprint density at radius 3 is 2.70 bits per heavy atom. The molecule has 0 amide bonds. The number of nitrogens with one attached hydrogen (secondary N) is 1. The Morgan fingerprint density at radius 2 is 2.04 bits per heavy atom. The number of hydrogen-bond donors (Lipinski definition) is 2. The Bertz CT molecular complexity index is 866. The predicted octanol–water partition coefficient (Wildman–Crippen LogP) is 2.76. The van der Waals surface area contributed by atoms with Crippen molar-refractivity contribution >= 4 is 22.8 Å². The van der Waals surface area contributed by atoms with Crippen LogP contribution in [0.5, 0.6) is 0 Å². The van der Waals surface area contributed by atoms with Crippen LogP contribution in [-0.2, 0) is 13.6 Å². The Morgan fingerprint density at radius 1 is 1.19 bits per heavy atom. The van der Waals surface area contributed by atoms with Gasteiger partial charge in [0.25, 0.3) is 0 Å². The van der Waals surface area contributed by atoms with E-state index in [0.717, 1.165) is 52.9 Å². The molecule has 0 aromatic carbocycles. The quantitative estimate of drug-likeness (QED) is 0.680. The lowest BCUT2D eigenvalue weighted by atomic mass is 9.98. The Kier molecular flexibility index (Phi) is 5.35. The molecular weight excluding hydrogens is 360 g/mol. The molecule has 0 spiro atoms. The van der Waals surface area contributed by atoms with Crippen LogP contribution < -0.4 is 10.2 Å². The fourth-order valence-electron chi connectivity index (χ4n) is 3.28. The zero-order valence-electron chi connectivity index (χ0n) is 15.4. The van der Waals surface area contributed by atoms with Crippen LogP contribution in [0.1, 0.15) is 17.7 Å². The van der Waals surface area contributed by atoms with Gasteiger partial charge >= 0.3 is 0 Å². The van der Waals surface area contributed by atoms with Crippen LogP contribution in [-0.4, -0.2) is 44.6 Å². The van der Waals surface area contributed by atoms with Crippen LogP contribution in [0.15, 0.2) is 36.9 Å². The number of rotatable bonds is 6. The van der Waals surface area contributed by atoms with Gasteiger partial charge in [0.1, 0.15) is 10.8 Å². The maximum atomic E-state index is 9.26. The lowest BCUT2D eigenvalue weighted by molar-refractivity contribution is 0.203. The first-order valence-corrected chi connectivity index (χ1v) is 10.0. The lowest BCUT2D eigenvalue weighted by Crippen LogP contribution is -2.34. The van der Waals surface area contributed by atoms with Gasteiger partial charge in [-0.25, -0.2) is 9.97 Å². The highest BCUT2D eigenvalue weighted by atomic mass is 32.1. The third kappa shape index (κ3) is 4.28. The number of aliphatic hydroxyl groups is 1. The van der Waals surface area contributed by atoms with E-state index in [9.17, 15) is 5.11 Å². The van der Waals surface area contributed by atoms with E-state index in [1.54, 1.807) is 16.0 Å². The molecule has 142 valence electrons. The first-order chi connectivity index (χ1) is 13.2. The van der Waals surface area contributed by atoms with Gasteiger partial charge in [0.15, 0.2) is 0 Å². The summed E-state index contributed by atoms with van der Waals surface area (Å²) in [6, 6.07) is 4.14. The van der Waals surface area contributed by atoms with Gasteiger partial charge < -0.3 is 15.3 Å². The highest BCUT2D eigenvalue weighted by molar-refractivity contribution is 7.15. The molecule has 2 N–H and O–H groups in total. The molecule has 1 saturated heterocycles. The van der Waals surface area contributed by atoms with E-state index in [0.29, 0.717) is 19.1 Å². The third-order valence-electron chi connectivity index (χ3n) is 4.93. The first kappa shape index (κ1) is 17.9. The number of anilines is 2. The van der Waals surface area contributed by atoms with Crippen LogP contribution >= 0.6 is 11.3 Å². The number of aliphatic hydroxyl groups excluding tert-OH is 1. The Labute approximate surface area is 162 Å². The Hall–Kier alpha value is -2.45. The van der Waals surface area contributed by atoms with Crippen LogP contribution in [0.4, 0.5) is 11.5 Å². The number of aromatic nitrogens is 4. The first-order valence-electron chi connectivity index (χ1n) is 9.20. The second-order valence-corrected chi connectivity index (χ2v) is 8.02. The molecule has 0 unspecified atom stereocenters. The summed E-state index contributed by atoms with van der Waals surface area (Å²) in [6.45, 7) is 2.97. The predicted molar refractivity (Wildman–Crippen MR) is 108 cm³/mol. The molecule has 0 saturated carbocycles. The van der Waals surface area contributed by atoms with Crippen molar-refractivity contribution in [3.05, 3.63) is 41.8 Å². The molecule has 1 aliphatic rings. The minimum Gasteiger partial charge on any atom is -0.396 e. The number of nitrogens with zero attached hydrogens (tertiary/aromatic N) is 5. The summed E-state index contributed by atoms with van der Waals surface area (Å²) in [6.07, 6.45) is 9.72. The number of thiazole rings is 1. The van der Waals surface area contributed by atoms with Crippen molar-refractivity contribution in [1.82, 2.24) is 19.7 Å². The summed E-state index contributed by atoms with van der Waals surface area (Å²) in [5.74, 6) is 1.31. The fourth-order valence-corrected chi connectivity index (χ4v) is 4.11. The molecule has 3 aromatic rings. The molecule has 1 fully saturated rings. The molecule has 4 rings (SSSR count). The molecule has 0 atom stereocenters. The van der Waals surface area contributed by atoms with Gasteiger partial charge in [-0.05, 0) is 30.9 Å². The van der Waals surface area contributed by atoms with Crippen molar-refractivity contribution in [3.8, 4) is 10.6 Å². The van der Waals surface area contributed by atoms with E-state index in [4.69, 9.17) is 0 Å². The molecule has 1 aliphatic heterocycles. The third-order valence-corrected chi connectivity index (χ3v) is 5.98. The standard InChI is InChI=1S/C19H24N6OS/c1-24-12-15(8-23-24)19-22-11-17(27-19)10-21-18-3-2-16(9-20-18)25-6-4-14(13-26)5-7-25/h2-3,8-9,11-12,14,26H,4-7,10,13H2,1H3,(H,20,21). The van der Waals surface area contributed by atoms with Crippen molar-refractivity contribution in [2.75, 3.05) is 29.9 Å². The van der Waals surface area contributed by atoms with Crippen molar-refractivity contribution in [3.63, 3.8) is 0 Å². The van der Waals surface area contributed by atoms with Crippen molar-refractivity contribution in [2.24, 2.45) is 13.0 Å². The molecule has 0 aliphatic carbocycles. The molecule has 27 heavy (non-hydrogen) atoms. The molecule has 7 nitrogen and oxygen atoms in total. The smallest absolute Gasteiger partial charge is 0.126 e. The molecule has 3 aromatic heterocycles. The van der Waals surface area contributed by atoms with Gasteiger partial charge in [0.2, 0.25) is 0 Å². The van der Waals surface area contributed by atoms with Gasteiger partial charge in [-0.2, -0.15) is 5.10 Å². The van der Waals surface area contributed by atoms with Crippen LogP contribution in [0, 0.1) is 5.92 Å². The largest absolute Gasteiger partial charge is 0.396 e. The normalized spacial score (nSPS) is 15.3. The zero-order chi connectivity index (χ0) is 18.6. The molecule has 8 heteroatoms. The topological polar surface area (TPSA) is 79.1 Å². The van der Waals surface area contributed by atoms with Gasteiger partial charge in [-0.15, -0.1) is 11.3 Å². The van der Waals surface area contributed by atoms with Gasteiger partial charge in [0.05, 0.1) is 24.6 Å². The highest BCUT2D eigenvalue weighted by Gasteiger charge is 2.18. The highest BCUT2D eigenvalue weighted by Crippen LogP contribution is 2.26. The Balaban J connectivity index is 1.32. The number of hydrogen-bond acceptors (Lipinski definition) is 7. The molecule has 4 heterocycles. The fraction of sp³-hybridized carbons (Fsp3) is 0.421. The van der Waals surface area contributed by atoms with Gasteiger partial charge in [-0.3, -0.25) is 4.68 Å². The van der Waals surface area contributed by atoms with Crippen molar-refractivity contribution in [2.45, 2.75) is 19.4 Å². The SMILES string of the molecule is Cn1cc(-c2ncc(CNc3ccc(N4CCC(CO)CC4)cn3)s2)cn1. The van der Waals surface area contributed by atoms with E-state index in [1.807, 2.05) is 37.9 Å². The van der Waals surface area contributed by atoms with E-state index >= 15 is 0 Å². The van der Waals surface area contributed by atoms with Gasteiger partial charge in [0, 0.05) is 49.6 Å². The summed E-state index contributed by atoms with van der Waals surface area (Å²) in [4.78, 5) is 12.5. The summed E-state index contributed by atoms with van der Waals surface area (Å²) in [7, 11) is 1.91. The minimum absolute atomic E-state index is 0.301. The van der Waals surface area contributed by atoms with Crippen LogP contribution in [0.3, 0.4) is 0 Å². The summed E-state index contributed by atoms with van der Waals surface area (Å²) < 4.78 is 1.78. The van der Waals surface area contributed by atoms with Crippen molar-refractivity contribution < 1.29 is 5.11 Å². The second kappa shape index (κ2) is 8.06. The van der Waals surface area contributed by atoms with E-state index in [1.165, 1.54) is 0 Å². The maximum absolute atomic E-state index is 9.26. The number of piperidine rings is 1. The monoisotopic (exact) mass is 384 g/mol. The summed E-state index contributed by atoms with van der Waals surface area (Å²) in [5.41, 5.74) is 2.19.